The Balaban J connectivity index is 1.98. The zero-order valence-electron chi connectivity index (χ0n) is 11.1. The van der Waals surface area contributed by atoms with Crippen molar-refractivity contribution in [2.24, 2.45) is 17.6 Å². The summed E-state index contributed by atoms with van der Waals surface area (Å²) in [6, 6.07) is 0.305. The Morgan fingerprint density at radius 1 is 1.61 bits per heavy atom. The molecule has 3 N–H and O–H groups in total. The van der Waals surface area contributed by atoms with Gasteiger partial charge in [-0.2, -0.15) is 5.10 Å². The fraction of sp³-hybridized carbons (Fsp3) is 0.692. The molecular formula is C13H22N4O. The Labute approximate surface area is 108 Å². The summed E-state index contributed by atoms with van der Waals surface area (Å²) in [7, 11) is 0. The molecular weight excluding hydrogens is 228 g/mol. The van der Waals surface area contributed by atoms with Gasteiger partial charge in [-0.3, -0.25) is 9.48 Å². The van der Waals surface area contributed by atoms with E-state index < -0.39 is 0 Å². The lowest BCUT2D eigenvalue weighted by Crippen LogP contribution is -2.29. The van der Waals surface area contributed by atoms with E-state index in [1.54, 1.807) is 6.20 Å². The quantitative estimate of drug-likeness (QED) is 0.855. The molecule has 1 heterocycles. The fourth-order valence-electron chi connectivity index (χ4n) is 2.58. The maximum Gasteiger partial charge on any atom is 0.227 e. The Kier molecular flexibility index (Phi) is 4.01. The van der Waals surface area contributed by atoms with Crippen molar-refractivity contribution in [3.05, 3.63) is 12.4 Å². The first-order chi connectivity index (χ1) is 8.61. The normalized spacial score (nSPS) is 23.6. The van der Waals surface area contributed by atoms with Crippen molar-refractivity contribution in [3.8, 4) is 0 Å². The van der Waals surface area contributed by atoms with Crippen molar-refractivity contribution in [2.45, 2.75) is 39.2 Å². The molecule has 2 unspecified atom stereocenters. The number of nitrogens with zero attached hydrogens (tertiary/aromatic N) is 2. The van der Waals surface area contributed by atoms with Crippen LogP contribution in [-0.4, -0.2) is 22.2 Å². The summed E-state index contributed by atoms with van der Waals surface area (Å²) in [6.45, 7) is 4.71. The summed E-state index contributed by atoms with van der Waals surface area (Å²) >= 11 is 0. The van der Waals surface area contributed by atoms with Crippen LogP contribution in [0.15, 0.2) is 12.4 Å². The Morgan fingerprint density at radius 3 is 3.00 bits per heavy atom. The van der Waals surface area contributed by atoms with E-state index in [1.807, 2.05) is 10.9 Å². The van der Waals surface area contributed by atoms with Crippen molar-refractivity contribution < 1.29 is 4.79 Å². The number of rotatable bonds is 4. The zero-order chi connectivity index (χ0) is 13.1. The van der Waals surface area contributed by atoms with Gasteiger partial charge in [0, 0.05) is 18.2 Å². The molecule has 0 bridgehead atoms. The Morgan fingerprint density at radius 2 is 2.39 bits per heavy atom. The molecule has 1 aromatic rings. The molecule has 5 nitrogen and oxygen atoms in total. The van der Waals surface area contributed by atoms with Crippen molar-refractivity contribution in [1.29, 1.82) is 0 Å². The monoisotopic (exact) mass is 250 g/mol. The molecule has 1 fully saturated rings. The molecule has 1 aliphatic carbocycles. The van der Waals surface area contributed by atoms with Crippen LogP contribution in [0.5, 0.6) is 0 Å². The lowest BCUT2D eigenvalue weighted by molar-refractivity contribution is -0.120. The van der Waals surface area contributed by atoms with E-state index in [0.717, 1.165) is 24.9 Å². The van der Waals surface area contributed by atoms with Crippen LogP contribution in [0, 0.1) is 11.8 Å². The van der Waals surface area contributed by atoms with Crippen molar-refractivity contribution >= 4 is 11.6 Å². The zero-order valence-corrected chi connectivity index (χ0v) is 11.1. The molecule has 2 atom stereocenters. The second-order valence-corrected chi connectivity index (χ2v) is 5.33. The van der Waals surface area contributed by atoms with E-state index in [4.69, 9.17) is 5.73 Å². The van der Waals surface area contributed by atoms with E-state index in [1.165, 1.54) is 0 Å². The molecule has 1 aliphatic rings. The van der Waals surface area contributed by atoms with Crippen LogP contribution in [0.4, 0.5) is 5.69 Å². The summed E-state index contributed by atoms with van der Waals surface area (Å²) in [4.78, 5) is 12.2. The van der Waals surface area contributed by atoms with Gasteiger partial charge in [-0.25, -0.2) is 0 Å². The van der Waals surface area contributed by atoms with Crippen molar-refractivity contribution in [2.75, 3.05) is 11.9 Å². The predicted molar refractivity (Wildman–Crippen MR) is 71.1 cm³/mol. The minimum atomic E-state index is 0.0670. The Bertz CT molecular complexity index is 413. The number of nitrogens with one attached hydrogen (secondary N) is 1. The molecule has 2 rings (SSSR count). The molecule has 100 valence electrons. The second kappa shape index (κ2) is 5.52. The summed E-state index contributed by atoms with van der Waals surface area (Å²) in [5.74, 6) is 0.494. The average Bonchev–Trinajstić information content (AvgIpc) is 2.96. The third-order valence-corrected chi connectivity index (χ3v) is 3.70. The fourth-order valence-corrected chi connectivity index (χ4v) is 2.58. The third-order valence-electron chi connectivity index (χ3n) is 3.70. The molecule has 1 amide bonds. The highest BCUT2D eigenvalue weighted by molar-refractivity contribution is 5.92. The van der Waals surface area contributed by atoms with E-state index in [9.17, 15) is 4.79 Å². The number of amides is 1. The number of carbonyl (C=O) groups is 1. The summed E-state index contributed by atoms with van der Waals surface area (Å²) in [6.07, 6.45) is 6.69. The molecule has 0 spiro atoms. The second-order valence-electron chi connectivity index (χ2n) is 5.33. The molecule has 0 radical (unpaired) electrons. The SMILES string of the molecule is CC(C)n1cc(NC(=O)C2CCCC2CN)cn1. The standard InChI is InChI=1S/C13H22N4O/c1-9(2)17-8-11(7-15-17)16-13(18)12-5-3-4-10(12)6-14/h7-10,12H,3-6,14H2,1-2H3,(H,16,18). The van der Waals surface area contributed by atoms with E-state index in [2.05, 4.69) is 24.3 Å². The molecule has 0 aromatic carbocycles. The summed E-state index contributed by atoms with van der Waals surface area (Å²) in [5, 5.41) is 7.16. The van der Waals surface area contributed by atoms with Gasteiger partial charge in [0.25, 0.3) is 0 Å². The van der Waals surface area contributed by atoms with Gasteiger partial charge in [0.05, 0.1) is 11.9 Å². The van der Waals surface area contributed by atoms with Crippen LogP contribution in [0.1, 0.15) is 39.2 Å². The molecule has 0 aliphatic heterocycles. The van der Waals surface area contributed by atoms with Gasteiger partial charge in [0.2, 0.25) is 5.91 Å². The minimum absolute atomic E-state index is 0.0670. The average molecular weight is 250 g/mol. The van der Waals surface area contributed by atoms with Gasteiger partial charge in [0.1, 0.15) is 0 Å². The summed E-state index contributed by atoms with van der Waals surface area (Å²) < 4.78 is 1.84. The highest BCUT2D eigenvalue weighted by Gasteiger charge is 2.31. The number of nitrogens with two attached hydrogens (primary N) is 1. The van der Waals surface area contributed by atoms with Crippen LogP contribution >= 0.6 is 0 Å². The first-order valence-electron chi connectivity index (χ1n) is 6.67. The molecule has 0 saturated heterocycles. The van der Waals surface area contributed by atoms with E-state index >= 15 is 0 Å². The minimum Gasteiger partial charge on any atom is -0.330 e. The Hall–Kier alpha value is -1.36. The maximum absolute atomic E-state index is 12.2. The van der Waals surface area contributed by atoms with Gasteiger partial charge in [0.15, 0.2) is 0 Å². The van der Waals surface area contributed by atoms with Gasteiger partial charge >= 0.3 is 0 Å². The van der Waals surface area contributed by atoms with Crippen molar-refractivity contribution in [1.82, 2.24) is 9.78 Å². The lowest BCUT2D eigenvalue weighted by Gasteiger charge is -2.16. The number of anilines is 1. The van der Waals surface area contributed by atoms with Crippen LogP contribution < -0.4 is 11.1 Å². The maximum atomic E-state index is 12.2. The largest absolute Gasteiger partial charge is 0.330 e. The van der Waals surface area contributed by atoms with Gasteiger partial charge in [-0.15, -0.1) is 0 Å². The lowest BCUT2D eigenvalue weighted by atomic mass is 9.95. The highest BCUT2D eigenvalue weighted by atomic mass is 16.1. The molecule has 1 aromatic heterocycles. The van der Waals surface area contributed by atoms with Gasteiger partial charge < -0.3 is 11.1 Å². The van der Waals surface area contributed by atoms with E-state index in [-0.39, 0.29) is 11.8 Å². The predicted octanol–water partition coefficient (Wildman–Crippen LogP) is 1.78. The first kappa shape index (κ1) is 13.1. The van der Waals surface area contributed by atoms with Crippen LogP contribution in [0.2, 0.25) is 0 Å². The number of aromatic nitrogens is 2. The molecule has 18 heavy (non-hydrogen) atoms. The smallest absolute Gasteiger partial charge is 0.227 e. The van der Waals surface area contributed by atoms with Crippen molar-refractivity contribution in [3.63, 3.8) is 0 Å². The molecule has 5 heteroatoms. The number of carbonyl (C=O) groups excluding carboxylic acids is 1. The van der Waals surface area contributed by atoms with E-state index in [0.29, 0.717) is 18.5 Å². The first-order valence-corrected chi connectivity index (χ1v) is 6.67. The number of hydrogen-bond acceptors (Lipinski definition) is 3. The van der Waals surface area contributed by atoms with Gasteiger partial charge in [-0.05, 0) is 39.2 Å². The number of hydrogen-bond donors (Lipinski definition) is 2. The molecule has 1 saturated carbocycles. The van der Waals surface area contributed by atoms with Crippen LogP contribution in [0.25, 0.3) is 0 Å². The highest BCUT2D eigenvalue weighted by Crippen LogP contribution is 2.31. The third kappa shape index (κ3) is 2.72. The van der Waals surface area contributed by atoms with Crippen LogP contribution in [0.3, 0.4) is 0 Å². The van der Waals surface area contributed by atoms with Crippen LogP contribution in [-0.2, 0) is 4.79 Å². The topological polar surface area (TPSA) is 72.9 Å². The van der Waals surface area contributed by atoms with Gasteiger partial charge in [-0.1, -0.05) is 6.42 Å². The summed E-state index contributed by atoms with van der Waals surface area (Å²) in [5.41, 5.74) is 6.48.